The van der Waals surface area contributed by atoms with Crippen molar-refractivity contribution in [2.45, 2.75) is 13.8 Å². The number of furan rings is 1. The lowest BCUT2D eigenvalue weighted by Crippen LogP contribution is -1.93. The second-order valence-corrected chi connectivity index (χ2v) is 4.51. The van der Waals surface area contributed by atoms with E-state index in [1.165, 1.54) is 0 Å². The Morgan fingerprint density at radius 3 is 2.44 bits per heavy atom. The van der Waals surface area contributed by atoms with E-state index >= 15 is 0 Å². The normalized spacial score (nSPS) is 11.1. The molecule has 2 rings (SSSR count). The molecule has 92 valence electrons. The first-order chi connectivity index (χ1) is 8.56. The van der Waals surface area contributed by atoms with E-state index in [1.54, 1.807) is 37.3 Å². The van der Waals surface area contributed by atoms with Gasteiger partial charge in [-0.05, 0) is 43.7 Å². The average Bonchev–Trinajstić information content (AvgIpc) is 2.67. The van der Waals surface area contributed by atoms with E-state index in [0.717, 1.165) is 11.3 Å². The smallest absolute Gasteiger partial charge is 0.189 e. The molecule has 0 N–H and O–H groups in total. The van der Waals surface area contributed by atoms with E-state index in [9.17, 15) is 4.79 Å². The van der Waals surface area contributed by atoms with Gasteiger partial charge < -0.3 is 4.42 Å². The molecule has 0 fully saturated rings. The maximum Gasteiger partial charge on any atom is 0.189 e. The number of halogens is 1. The molecular weight excluding hydrogens is 248 g/mol. The van der Waals surface area contributed by atoms with Gasteiger partial charge in [0, 0.05) is 5.02 Å². The summed E-state index contributed by atoms with van der Waals surface area (Å²) in [6, 6.07) is 9.06. The molecule has 18 heavy (non-hydrogen) atoms. The van der Waals surface area contributed by atoms with Gasteiger partial charge in [-0.25, -0.2) is 0 Å². The zero-order chi connectivity index (χ0) is 13.1. The predicted molar refractivity (Wildman–Crippen MR) is 73.0 cm³/mol. The first kappa shape index (κ1) is 12.7. The van der Waals surface area contributed by atoms with Crippen molar-refractivity contribution >= 4 is 23.5 Å². The Labute approximate surface area is 111 Å². The van der Waals surface area contributed by atoms with Crippen LogP contribution in [-0.2, 0) is 0 Å². The lowest BCUT2D eigenvalue weighted by Gasteiger charge is -1.94. The zero-order valence-electron chi connectivity index (χ0n) is 10.2. The van der Waals surface area contributed by atoms with Gasteiger partial charge in [0.15, 0.2) is 5.78 Å². The molecule has 1 aromatic heterocycles. The van der Waals surface area contributed by atoms with Crippen molar-refractivity contribution in [3.05, 3.63) is 64.1 Å². The number of carbonyl (C=O) groups is 1. The minimum absolute atomic E-state index is 0.0562. The van der Waals surface area contributed by atoms with Crippen LogP contribution in [0.25, 0.3) is 6.08 Å². The van der Waals surface area contributed by atoms with Crippen LogP contribution in [-0.4, -0.2) is 5.78 Å². The Balaban J connectivity index is 2.16. The van der Waals surface area contributed by atoms with Crippen molar-refractivity contribution in [3.8, 4) is 0 Å². The summed E-state index contributed by atoms with van der Waals surface area (Å²) >= 11 is 5.79. The fraction of sp³-hybridized carbons (Fsp3) is 0.133. The number of hydrogen-bond donors (Lipinski definition) is 0. The molecule has 0 unspecified atom stereocenters. The van der Waals surface area contributed by atoms with Gasteiger partial charge in [-0.1, -0.05) is 29.8 Å². The van der Waals surface area contributed by atoms with Crippen molar-refractivity contribution in [1.29, 1.82) is 0 Å². The summed E-state index contributed by atoms with van der Waals surface area (Å²) in [7, 11) is 0. The van der Waals surface area contributed by atoms with Crippen LogP contribution < -0.4 is 0 Å². The summed E-state index contributed by atoms with van der Waals surface area (Å²) < 4.78 is 5.33. The minimum Gasteiger partial charge on any atom is -0.466 e. The Kier molecular flexibility index (Phi) is 3.68. The Morgan fingerprint density at radius 2 is 1.89 bits per heavy atom. The average molecular weight is 261 g/mol. The molecule has 3 heteroatoms. The highest BCUT2D eigenvalue weighted by molar-refractivity contribution is 6.30. The van der Waals surface area contributed by atoms with Gasteiger partial charge in [0.1, 0.15) is 11.5 Å². The number of allylic oxidation sites excluding steroid dienone is 1. The fourth-order valence-corrected chi connectivity index (χ4v) is 1.84. The molecule has 2 nitrogen and oxygen atoms in total. The highest BCUT2D eigenvalue weighted by atomic mass is 35.5. The standard InChI is InChI=1S/C15H13ClO2/c1-10-9-14(11(2)18-10)15(17)8-5-12-3-6-13(16)7-4-12/h3-9H,1-2H3/b8-5+. The van der Waals surface area contributed by atoms with Crippen LogP contribution >= 0.6 is 11.6 Å². The second kappa shape index (κ2) is 5.23. The Bertz CT molecular complexity index is 591. The second-order valence-electron chi connectivity index (χ2n) is 4.08. The maximum atomic E-state index is 11.9. The van der Waals surface area contributed by atoms with E-state index in [-0.39, 0.29) is 5.78 Å². The summed E-state index contributed by atoms with van der Waals surface area (Å²) in [6.07, 6.45) is 3.31. The highest BCUT2D eigenvalue weighted by Gasteiger charge is 2.10. The molecule has 1 aromatic carbocycles. The molecule has 1 heterocycles. The van der Waals surface area contributed by atoms with Gasteiger partial charge in [0.2, 0.25) is 0 Å². The lowest BCUT2D eigenvalue weighted by molar-refractivity contribution is 0.104. The molecule has 0 spiro atoms. The van der Waals surface area contributed by atoms with Crippen molar-refractivity contribution in [2.75, 3.05) is 0 Å². The number of rotatable bonds is 3. The minimum atomic E-state index is -0.0562. The van der Waals surface area contributed by atoms with Crippen LogP contribution in [0.5, 0.6) is 0 Å². The van der Waals surface area contributed by atoms with Crippen LogP contribution in [0.15, 0.2) is 40.8 Å². The molecule has 0 radical (unpaired) electrons. The van der Waals surface area contributed by atoms with Crippen molar-refractivity contribution < 1.29 is 9.21 Å². The van der Waals surface area contributed by atoms with Crippen LogP contribution in [0.1, 0.15) is 27.4 Å². The fourth-order valence-electron chi connectivity index (χ4n) is 1.71. The predicted octanol–water partition coefficient (Wildman–Crippen LogP) is 4.45. The maximum absolute atomic E-state index is 11.9. The number of carbonyl (C=O) groups excluding carboxylic acids is 1. The summed E-state index contributed by atoms with van der Waals surface area (Å²) in [5.41, 5.74) is 1.54. The van der Waals surface area contributed by atoms with Crippen LogP contribution in [0, 0.1) is 13.8 Å². The van der Waals surface area contributed by atoms with E-state index in [0.29, 0.717) is 16.3 Å². The van der Waals surface area contributed by atoms with Crippen molar-refractivity contribution in [1.82, 2.24) is 0 Å². The van der Waals surface area contributed by atoms with Gasteiger partial charge in [-0.2, -0.15) is 0 Å². The van der Waals surface area contributed by atoms with Gasteiger partial charge in [-0.15, -0.1) is 0 Å². The molecule has 2 aromatic rings. The van der Waals surface area contributed by atoms with E-state index < -0.39 is 0 Å². The largest absolute Gasteiger partial charge is 0.466 e. The summed E-state index contributed by atoms with van der Waals surface area (Å²) in [4.78, 5) is 11.9. The molecule has 0 bridgehead atoms. The summed E-state index contributed by atoms with van der Waals surface area (Å²) in [5.74, 6) is 1.34. The topological polar surface area (TPSA) is 30.2 Å². The van der Waals surface area contributed by atoms with E-state index in [2.05, 4.69) is 0 Å². The van der Waals surface area contributed by atoms with Crippen molar-refractivity contribution in [2.24, 2.45) is 0 Å². The third-order valence-corrected chi connectivity index (χ3v) is 2.86. The molecule has 0 aliphatic rings. The van der Waals surface area contributed by atoms with Gasteiger partial charge >= 0.3 is 0 Å². The molecule has 0 saturated carbocycles. The highest BCUT2D eigenvalue weighted by Crippen LogP contribution is 2.16. The third kappa shape index (κ3) is 2.90. The van der Waals surface area contributed by atoms with Gasteiger partial charge in [0.05, 0.1) is 5.56 Å². The number of ketones is 1. The summed E-state index contributed by atoms with van der Waals surface area (Å²) in [6.45, 7) is 3.61. The first-order valence-corrected chi connectivity index (χ1v) is 5.99. The number of aryl methyl sites for hydroxylation is 2. The molecule has 0 atom stereocenters. The third-order valence-electron chi connectivity index (χ3n) is 2.60. The first-order valence-electron chi connectivity index (χ1n) is 5.61. The van der Waals surface area contributed by atoms with Gasteiger partial charge in [0.25, 0.3) is 0 Å². The quantitative estimate of drug-likeness (QED) is 0.603. The van der Waals surface area contributed by atoms with E-state index in [4.69, 9.17) is 16.0 Å². The lowest BCUT2D eigenvalue weighted by atomic mass is 10.1. The zero-order valence-corrected chi connectivity index (χ0v) is 11.0. The monoisotopic (exact) mass is 260 g/mol. The van der Waals surface area contributed by atoms with Crippen molar-refractivity contribution in [3.63, 3.8) is 0 Å². The SMILES string of the molecule is Cc1cc(C(=O)/C=C/c2ccc(Cl)cc2)c(C)o1. The van der Waals surface area contributed by atoms with Crippen LogP contribution in [0.2, 0.25) is 5.02 Å². The molecule has 0 saturated heterocycles. The number of hydrogen-bond acceptors (Lipinski definition) is 2. The van der Waals surface area contributed by atoms with E-state index in [1.807, 2.05) is 19.1 Å². The van der Waals surface area contributed by atoms with Gasteiger partial charge in [-0.3, -0.25) is 4.79 Å². The molecule has 0 aliphatic carbocycles. The van der Waals surface area contributed by atoms with Crippen LogP contribution in [0.3, 0.4) is 0 Å². The summed E-state index contributed by atoms with van der Waals surface area (Å²) in [5, 5.41) is 0.680. The Hall–Kier alpha value is -1.80. The molecule has 0 aliphatic heterocycles. The Morgan fingerprint density at radius 1 is 1.22 bits per heavy atom. The molecular formula is C15H13ClO2. The number of benzene rings is 1. The molecule has 0 amide bonds. The van der Waals surface area contributed by atoms with Crippen LogP contribution in [0.4, 0.5) is 0 Å².